The van der Waals surface area contributed by atoms with Gasteiger partial charge in [0.2, 0.25) is 0 Å². The first-order valence-corrected chi connectivity index (χ1v) is 4.72. The lowest BCUT2D eigenvalue weighted by atomic mass is 9.95. The average molecular weight is 187 g/mol. The van der Waals surface area contributed by atoms with Crippen LogP contribution in [0.3, 0.4) is 0 Å². The quantitative estimate of drug-likeness (QED) is 0.762. The van der Waals surface area contributed by atoms with E-state index in [-0.39, 0.29) is 0 Å². The number of hydrogen-bond acceptors (Lipinski definition) is 1. The Morgan fingerprint density at radius 3 is 2.14 bits per heavy atom. The van der Waals surface area contributed by atoms with Gasteiger partial charge < -0.3 is 5.32 Å². The molecule has 1 heteroatoms. The minimum Gasteiger partial charge on any atom is -0.388 e. The highest BCUT2D eigenvalue weighted by Gasteiger charge is 2.07. The van der Waals surface area contributed by atoms with Crippen molar-refractivity contribution in [3.63, 3.8) is 0 Å². The summed E-state index contributed by atoms with van der Waals surface area (Å²) in [5, 5.41) is 3.17. The van der Waals surface area contributed by atoms with Crippen LogP contribution in [0.4, 0.5) is 5.69 Å². The first-order chi connectivity index (χ1) is 6.65. The lowest BCUT2D eigenvalue weighted by Gasteiger charge is -2.14. The second-order valence-corrected chi connectivity index (χ2v) is 3.35. The van der Waals surface area contributed by atoms with Crippen LogP contribution in [0.1, 0.15) is 22.3 Å². The number of nitrogens with one attached hydrogen (secondary N) is 1. The van der Waals surface area contributed by atoms with Gasteiger partial charge in [-0.2, -0.15) is 0 Å². The van der Waals surface area contributed by atoms with Crippen LogP contribution in [0.25, 0.3) is 12.2 Å². The molecule has 0 radical (unpaired) electrons. The summed E-state index contributed by atoms with van der Waals surface area (Å²) in [6.45, 7) is 11.9. The maximum atomic E-state index is 3.84. The zero-order chi connectivity index (χ0) is 10.7. The molecular formula is C13H17N. The molecule has 74 valence electrons. The summed E-state index contributed by atoms with van der Waals surface area (Å²) in [6.07, 6.45) is 3.76. The molecule has 0 aliphatic heterocycles. The fourth-order valence-corrected chi connectivity index (χ4v) is 1.65. The van der Waals surface area contributed by atoms with Crippen LogP contribution in [0, 0.1) is 13.8 Å². The Morgan fingerprint density at radius 1 is 1.14 bits per heavy atom. The van der Waals surface area contributed by atoms with Gasteiger partial charge in [-0.05, 0) is 36.6 Å². The summed E-state index contributed by atoms with van der Waals surface area (Å²) >= 11 is 0. The maximum Gasteiger partial charge on any atom is 0.0419 e. The molecule has 0 fully saturated rings. The molecule has 0 aromatic heterocycles. The number of aryl methyl sites for hydroxylation is 1. The predicted molar refractivity (Wildman–Crippen MR) is 65.6 cm³/mol. The molecular weight excluding hydrogens is 170 g/mol. The largest absolute Gasteiger partial charge is 0.388 e. The van der Waals surface area contributed by atoms with Crippen molar-refractivity contribution in [2.24, 2.45) is 0 Å². The zero-order valence-electron chi connectivity index (χ0n) is 9.15. The number of hydrogen-bond donors (Lipinski definition) is 1. The van der Waals surface area contributed by atoms with Crippen LogP contribution in [-0.2, 0) is 0 Å². The van der Waals surface area contributed by atoms with Crippen LogP contribution < -0.4 is 5.32 Å². The Hall–Kier alpha value is -1.50. The Morgan fingerprint density at radius 2 is 1.71 bits per heavy atom. The van der Waals surface area contributed by atoms with E-state index < -0.39 is 0 Å². The van der Waals surface area contributed by atoms with Gasteiger partial charge in [0.15, 0.2) is 0 Å². The van der Waals surface area contributed by atoms with Crippen LogP contribution in [0.5, 0.6) is 0 Å². The molecule has 0 saturated heterocycles. The van der Waals surface area contributed by atoms with Crippen molar-refractivity contribution in [1.82, 2.24) is 0 Å². The van der Waals surface area contributed by atoms with Gasteiger partial charge in [0, 0.05) is 18.3 Å². The standard InChI is InChI=1S/C13H17N/c1-6-11-10(4)9(3)8-13(14-5)12(11)7-2/h6-8,14H,1-2H2,3-5H3. The molecule has 0 aliphatic carbocycles. The smallest absolute Gasteiger partial charge is 0.0419 e. The second-order valence-electron chi connectivity index (χ2n) is 3.35. The number of anilines is 1. The third kappa shape index (κ3) is 1.58. The van der Waals surface area contributed by atoms with Gasteiger partial charge in [0.25, 0.3) is 0 Å². The van der Waals surface area contributed by atoms with Gasteiger partial charge in [-0.1, -0.05) is 25.3 Å². The van der Waals surface area contributed by atoms with E-state index in [9.17, 15) is 0 Å². The van der Waals surface area contributed by atoms with Crippen molar-refractivity contribution in [2.45, 2.75) is 13.8 Å². The maximum absolute atomic E-state index is 3.84. The molecule has 0 heterocycles. The minimum absolute atomic E-state index is 1.11. The van der Waals surface area contributed by atoms with E-state index in [1.165, 1.54) is 16.7 Å². The molecule has 14 heavy (non-hydrogen) atoms. The molecule has 1 aromatic carbocycles. The van der Waals surface area contributed by atoms with Gasteiger partial charge >= 0.3 is 0 Å². The summed E-state index contributed by atoms with van der Waals surface area (Å²) in [5.41, 5.74) is 5.96. The van der Waals surface area contributed by atoms with E-state index in [0.29, 0.717) is 0 Å². The molecule has 1 N–H and O–H groups in total. The first-order valence-electron chi connectivity index (χ1n) is 4.72. The fraction of sp³-hybridized carbons (Fsp3) is 0.231. The Balaban J connectivity index is 3.57. The SMILES string of the molecule is C=Cc1c(NC)cc(C)c(C)c1C=C. The van der Waals surface area contributed by atoms with Crippen molar-refractivity contribution >= 4 is 17.8 Å². The third-order valence-corrected chi connectivity index (χ3v) is 2.61. The van der Waals surface area contributed by atoms with Crippen LogP contribution >= 0.6 is 0 Å². The van der Waals surface area contributed by atoms with Crippen LogP contribution in [0.15, 0.2) is 19.2 Å². The molecule has 1 aromatic rings. The van der Waals surface area contributed by atoms with Crippen LogP contribution in [-0.4, -0.2) is 7.05 Å². The molecule has 0 aliphatic rings. The molecule has 0 atom stereocenters. The summed E-state index contributed by atoms with van der Waals surface area (Å²) in [7, 11) is 1.92. The topological polar surface area (TPSA) is 12.0 Å². The Labute approximate surface area is 86.2 Å². The van der Waals surface area contributed by atoms with Crippen molar-refractivity contribution in [2.75, 3.05) is 12.4 Å². The third-order valence-electron chi connectivity index (χ3n) is 2.61. The summed E-state index contributed by atoms with van der Waals surface area (Å²) in [5.74, 6) is 0. The van der Waals surface area contributed by atoms with E-state index in [2.05, 4.69) is 38.4 Å². The molecule has 0 amide bonds. The molecule has 0 bridgehead atoms. The van der Waals surface area contributed by atoms with E-state index in [0.717, 1.165) is 11.3 Å². The van der Waals surface area contributed by atoms with Crippen LogP contribution in [0.2, 0.25) is 0 Å². The van der Waals surface area contributed by atoms with E-state index in [1.54, 1.807) is 0 Å². The van der Waals surface area contributed by atoms with E-state index >= 15 is 0 Å². The van der Waals surface area contributed by atoms with Gasteiger partial charge in [-0.3, -0.25) is 0 Å². The Bertz CT molecular complexity index is 375. The summed E-state index contributed by atoms with van der Waals surface area (Å²) in [6, 6.07) is 2.14. The molecule has 1 nitrogen and oxygen atoms in total. The summed E-state index contributed by atoms with van der Waals surface area (Å²) < 4.78 is 0. The molecule has 0 unspecified atom stereocenters. The zero-order valence-corrected chi connectivity index (χ0v) is 9.15. The highest BCUT2D eigenvalue weighted by Crippen LogP contribution is 2.28. The lowest BCUT2D eigenvalue weighted by molar-refractivity contribution is 1.31. The van der Waals surface area contributed by atoms with Crippen molar-refractivity contribution in [1.29, 1.82) is 0 Å². The lowest BCUT2D eigenvalue weighted by Crippen LogP contribution is -1.98. The number of rotatable bonds is 3. The van der Waals surface area contributed by atoms with E-state index in [1.807, 2.05) is 19.2 Å². The van der Waals surface area contributed by atoms with E-state index in [4.69, 9.17) is 0 Å². The van der Waals surface area contributed by atoms with Crippen molar-refractivity contribution < 1.29 is 0 Å². The highest BCUT2D eigenvalue weighted by molar-refractivity contribution is 5.77. The van der Waals surface area contributed by atoms with Crippen molar-refractivity contribution in [3.8, 4) is 0 Å². The molecule has 1 rings (SSSR count). The Kier molecular flexibility index (Phi) is 3.13. The number of benzene rings is 1. The minimum atomic E-state index is 1.11. The fourth-order valence-electron chi connectivity index (χ4n) is 1.65. The van der Waals surface area contributed by atoms with Gasteiger partial charge in [-0.25, -0.2) is 0 Å². The normalized spacial score (nSPS) is 9.64. The molecule has 0 saturated carbocycles. The highest BCUT2D eigenvalue weighted by atomic mass is 14.8. The first kappa shape index (κ1) is 10.6. The second kappa shape index (κ2) is 4.14. The van der Waals surface area contributed by atoms with Gasteiger partial charge in [0.1, 0.15) is 0 Å². The van der Waals surface area contributed by atoms with Gasteiger partial charge in [0.05, 0.1) is 0 Å². The molecule has 0 spiro atoms. The van der Waals surface area contributed by atoms with Crippen molar-refractivity contribution in [3.05, 3.63) is 41.5 Å². The summed E-state index contributed by atoms with van der Waals surface area (Å²) in [4.78, 5) is 0. The monoisotopic (exact) mass is 187 g/mol. The van der Waals surface area contributed by atoms with Gasteiger partial charge in [-0.15, -0.1) is 0 Å². The average Bonchev–Trinajstić information content (AvgIpc) is 2.20. The predicted octanol–water partition coefficient (Wildman–Crippen LogP) is 3.63.